The fraction of sp³-hybridized carbons (Fsp3) is 0.346. The van der Waals surface area contributed by atoms with Crippen LogP contribution in [-0.4, -0.2) is 23.9 Å². The minimum atomic E-state index is -0.0855. The first-order valence-electron chi connectivity index (χ1n) is 10.8. The van der Waals surface area contributed by atoms with E-state index in [1.54, 1.807) is 0 Å². The van der Waals surface area contributed by atoms with Crippen molar-refractivity contribution in [3.8, 4) is 11.1 Å². The van der Waals surface area contributed by atoms with E-state index >= 15 is 0 Å². The van der Waals surface area contributed by atoms with Crippen molar-refractivity contribution in [3.05, 3.63) is 82.3 Å². The standard InChI is InChI=1S/C26H30N2O2/c1-18-19(2)30-20(3)25(18)26(29)27-16-23-8-4-5-9-24(23)22-12-10-21(11-13-22)17-28-14-6-7-15-28/h4-5,8-13H,6-7,14-17H2,1-3H3,(H,27,29). The number of rotatable bonds is 6. The van der Waals surface area contributed by atoms with Crippen LogP contribution in [0.15, 0.2) is 52.9 Å². The van der Waals surface area contributed by atoms with Crippen LogP contribution in [0.25, 0.3) is 11.1 Å². The van der Waals surface area contributed by atoms with Crippen LogP contribution in [0, 0.1) is 20.8 Å². The first kappa shape index (κ1) is 20.4. The van der Waals surface area contributed by atoms with Crippen LogP contribution in [0.4, 0.5) is 0 Å². The van der Waals surface area contributed by atoms with Crippen LogP contribution in [0.5, 0.6) is 0 Å². The molecule has 0 atom stereocenters. The van der Waals surface area contributed by atoms with Gasteiger partial charge in [-0.1, -0.05) is 48.5 Å². The third kappa shape index (κ3) is 4.34. The minimum absolute atomic E-state index is 0.0855. The van der Waals surface area contributed by atoms with Gasteiger partial charge in [0.1, 0.15) is 11.5 Å². The molecule has 156 valence electrons. The van der Waals surface area contributed by atoms with Gasteiger partial charge >= 0.3 is 0 Å². The summed E-state index contributed by atoms with van der Waals surface area (Å²) >= 11 is 0. The van der Waals surface area contributed by atoms with Crippen LogP contribution in [-0.2, 0) is 13.1 Å². The van der Waals surface area contributed by atoms with Gasteiger partial charge in [0, 0.05) is 18.7 Å². The fourth-order valence-corrected chi connectivity index (χ4v) is 4.34. The zero-order valence-corrected chi connectivity index (χ0v) is 18.1. The Balaban J connectivity index is 1.48. The highest BCUT2D eigenvalue weighted by molar-refractivity contribution is 5.96. The van der Waals surface area contributed by atoms with Gasteiger partial charge in [-0.15, -0.1) is 0 Å². The van der Waals surface area contributed by atoms with Crippen LogP contribution in [0.3, 0.4) is 0 Å². The fourth-order valence-electron chi connectivity index (χ4n) is 4.34. The van der Waals surface area contributed by atoms with E-state index in [0.29, 0.717) is 17.9 Å². The third-order valence-corrected chi connectivity index (χ3v) is 6.11. The van der Waals surface area contributed by atoms with Crippen molar-refractivity contribution in [2.24, 2.45) is 0 Å². The Labute approximate surface area is 178 Å². The number of nitrogens with one attached hydrogen (secondary N) is 1. The van der Waals surface area contributed by atoms with Crippen molar-refractivity contribution in [1.82, 2.24) is 10.2 Å². The van der Waals surface area contributed by atoms with Gasteiger partial charge < -0.3 is 9.73 Å². The maximum absolute atomic E-state index is 12.8. The van der Waals surface area contributed by atoms with Crippen molar-refractivity contribution >= 4 is 5.91 Å². The zero-order chi connectivity index (χ0) is 21.1. The lowest BCUT2D eigenvalue weighted by Crippen LogP contribution is -2.24. The lowest BCUT2D eigenvalue weighted by molar-refractivity contribution is 0.0949. The van der Waals surface area contributed by atoms with Crippen LogP contribution < -0.4 is 5.32 Å². The molecule has 3 aromatic rings. The van der Waals surface area contributed by atoms with Crippen molar-refractivity contribution in [2.75, 3.05) is 13.1 Å². The summed E-state index contributed by atoms with van der Waals surface area (Å²) in [6.07, 6.45) is 2.63. The summed E-state index contributed by atoms with van der Waals surface area (Å²) in [6, 6.07) is 17.1. The molecule has 4 rings (SSSR count). The summed E-state index contributed by atoms with van der Waals surface area (Å²) in [5, 5.41) is 3.07. The third-order valence-electron chi connectivity index (χ3n) is 6.11. The molecular formula is C26H30N2O2. The van der Waals surface area contributed by atoms with Gasteiger partial charge in [-0.3, -0.25) is 9.69 Å². The Morgan fingerprint density at radius 2 is 1.67 bits per heavy atom. The number of aryl methyl sites for hydroxylation is 2. The van der Waals surface area contributed by atoms with Gasteiger partial charge in [0.2, 0.25) is 0 Å². The Hall–Kier alpha value is -2.85. The van der Waals surface area contributed by atoms with Crippen molar-refractivity contribution in [2.45, 2.75) is 46.7 Å². The average Bonchev–Trinajstić information content (AvgIpc) is 3.34. The van der Waals surface area contributed by atoms with Crippen LogP contribution in [0.1, 0.15) is 51.4 Å². The molecule has 0 spiro atoms. The highest BCUT2D eigenvalue weighted by Gasteiger charge is 2.18. The summed E-state index contributed by atoms with van der Waals surface area (Å²) in [7, 11) is 0. The number of carbonyl (C=O) groups is 1. The van der Waals surface area contributed by atoms with Crippen LogP contribution in [0.2, 0.25) is 0 Å². The molecule has 0 bridgehead atoms. The Kier molecular flexibility index (Phi) is 6.05. The first-order chi connectivity index (χ1) is 14.5. The molecule has 0 radical (unpaired) electrons. The molecule has 1 amide bonds. The number of benzene rings is 2. The smallest absolute Gasteiger partial charge is 0.255 e. The molecule has 1 aliphatic heterocycles. The van der Waals surface area contributed by atoms with Gasteiger partial charge in [-0.25, -0.2) is 0 Å². The summed E-state index contributed by atoms with van der Waals surface area (Å²) in [5.74, 6) is 1.38. The second-order valence-electron chi connectivity index (χ2n) is 8.23. The topological polar surface area (TPSA) is 45.5 Å². The molecule has 1 aromatic heterocycles. The molecule has 2 heterocycles. The predicted molar refractivity (Wildman–Crippen MR) is 120 cm³/mol. The highest BCUT2D eigenvalue weighted by atomic mass is 16.3. The second-order valence-corrected chi connectivity index (χ2v) is 8.23. The molecule has 4 heteroatoms. The molecule has 1 aliphatic rings. The van der Waals surface area contributed by atoms with Crippen molar-refractivity contribution in [3.63, 3.8) is 0 Å². The van der Waals surface area contributed by atoms with E-state index in [-0.39, 0.29) is 5.91 Å². The van der Waals surface area contributed by atoms with Crippen molar-refractivity contribution < 1.29 is 9.21 Å². The Bertz CT molecular complexity index is 1030. The molecule has 0 saturated carbocycles. The van der Waals surface area contributed by atoms with E-state index in [0.717, 1.165) is 29.0 Å². The summed E-state index contributed by atoms with van der Waals surface area (Å²) < 4.78 is 5.61. The number of furan rings is 1. The second kappa shape index (κ2) is 8.88. The highest BCUT2D eigenvalue weighted by Crippen LogP contribution is 2.26. The summed E-state index contributed by atoms with van der Waals surface area (Å²) in [5.41, 5.74) is 6.35. The quantitative estimate of drug-likeness (QED) is 0.601. The molecule has 30 heavy (non-hydrogen) atoms. The molecule has 0 unspecified atom stereocenters. The lowest BCUT2D eigenvalue weighted by Gasteiger charge is -2.15. The average molecular weight is 403 g/mol. The molecule has 2 aromatic carbocycles. The maximum atomic E-state index is 12.8. The number of nitrogens with zero attached hydrogens (tertiary/aromatic N) is 1. The number of carbonyl (C=O) groups excluding carboxylic acids is 1. The predicted octanol–water partition coefficient (Wildman–Crippen LogP) is 5.40. The molecule has 0 aliphatic carbocycles. The lowest BCUT2D eigenvalue weighted by atomic mass is 9.98. The van der Waals surface area contributed by atoms with E-state index in [1.165, 1.54) is 37.1 Å². The summed E-state index contributed by atoms with van der Waals surface area (Å²) in [4.78, 5) is 15.3. The molecule has 1 saturated heterocycles. The summed E-state index contributed by atoms with van der Waals surface area (Å²) in [6.45, 7) is 9.58. The first-order valence-corrected chi connectivity index (χ1v) is 10.8. The minimum Gasteiger partial charge on any atom is -0.466 e. The van der Waals surface area contributed by atoms with Crippen LogP contribution >= 0.6 is 0 Å². The van der Waals surface area contributed by atoms with Gasteiger partial charge in [-0.05, 0) is 69.0 Å². The molecule has 1 N–H and O–H groups in total. The number of hydrogen-bond acceptors (Lipinski definition) is 3. The maximum Gasteiger partial charge on any atom is 0.255 e. The number of hydrogen-bond donors (Lipinski definition) is 1. The van der Waals surface area contributed by atoms with E-state index in [4.69, 9.17) is 4.42 Å². The zero-order valence-electron chi connectivity index (χ0n) is 18.1. The van der Waals surface area contributed by atoms with Gasteiger partial charge in [-0.2, -0.15) is 0 Å². The Morgan fingerprint density at radius 1 is 0.967 bits per heavy atom. The van der Waals surface area contributed by atoms with E-state index in [2.05, 4.69) is 46.6 Å². The van der Waals surface area contributed by atoms with Gasteiger partial charge in [0.05, 0.1) is 5.56 Å². The number of likely N-dealkylation sites (tertiary alicyclic amines) is 1. The van der Waals surface area contributed by atoms with Gasteiger partial charge in [0.15, 0.2) is 0 Å². The van der Waals surface area contributed by atoms with Gasteiger partial charge in [0.25, 0.3) is 5.91 Å². The molecule has 1 fully saturated rings. The Morgan fingerprint density at radius 3 is 2.33 bits per heavy atom. The monoisotopic (exact) mass is 402 g/mol. The SMILES string of the molecule is Cc1oc(C)c(C(=O)NCc2ccccc2-c2ccc(CN3CCCC3)cc2)c1C. The van der Waals surface area contributed by atoms with E-state index in [9.17, 15) is 4.79 Å². The van der Waals surface area contributed by atoms with E-state index in [1.807, 2.05) is 32.9 Å². The van der Waals surface area contributed by atoms with E-state index < -0.39 is 0 Å². The number of amides is 1. The molecular weight excluding hydrogens is 372 g/mol. The normalized spacial score (nSPS) is 14.2. The van der Waals surface area contributed by atoms with Crippen molar-refractivity contribution in [1.29, 1.82) is 0 Å². The largest absolute Gasteiger partial charge is 0.466 e. The molecule has 4 nitrogen and oxygen atoms in total.